The maximum Gasteiger partial charge on any atom is 0.146 e. The highest BCUT2D eigenvalue weighted by Gasteiger charge is 2.43. The zero-order valence-corrected chi connectivity index (χ0v) is 23.3. The molecule has 0 amide bonds. The molecule has 196 valence electrons. The van der Waals surface area contributed by atoms with Gasteiger partial charge in [-0.25, -0.2) is 4.98 Å². The summed E-state index contributed by atoms with van der Waals surface area (Å²) in [7, 11) is 0. The molecule has 1 fully saturated rings. The quantitative estimate of drug-likeness (QED) is 0.277. The van der Waals surface area contributed by atoms with Crippen molar-refractivity contribution in [2.75, 3.05) is 31.1 Å². The number of aromatic amines is 1. The van der Waals surface area contributed by atoms with Crippen LogP contribution in [0.25, 0.3) is 22.2 Å². The first-order chi connectivity index (χ1) is 18.3. The number of aromatic nitrogens is 4. The third-order valence-corrected chi connectivity index (χ3v) is 7.90. The molecule has 1 aromatic carbocycles. The lowest BCUT2D eigenvalue weighted by atomic mass is 9.89. The molecule has 0 aliphatic carbocycles. The van der Waals surface area contributed by atoms with Crippen molar-refractivity contribution in [1.29, 1.82) is 5.26 Å². The van der Waals surface area contributed by atoms with Crippen molar-refractivity contribution in [2.45, 2.75) is 39.3 Å². The van der Waals surface area contributed by atoms with Gasteiger partial charge in [0, 0.05) is 48.2 Å². The summed E-state index contributed by atoms with van der Waals surface area (Å²) in [5, 5.41) is 19.3. The number of hydrogen-bond acceptors (Lipinski definition) is 7. The molecule has 0 unspecified atom stereocenters. The molecule has 4 aromatic rings. The second-order valence-corrected chi connectivity index (χ2v) is 10.6. The number of benzene rings is 1. The molecule has 1 N–H and O–H groups in total. The summed E-state index contributed by atoms with van der Waals surface area (Å²) < 4.78 is 6.19. The molecule has 3 aromatic heterocycles. The number of halogens is 2. The molecule has 5 rings (SSSR count). The maximum atomic E-state index is 9.95. The summed E-state index contributed by atoms with van der Waals surface area (Å²) in [5.41, 5.74) is 3.60. The van der Waals surface area contributed by atoms with Crippen molar-refractivity contribution >= 4 is 39.9 Å². The predicted molar refractivity (Wildman–Crippen MR) is 151 cm³/mol. The van der Waals surface area contributed by atoms with Crippen LogP contribution >= 0.6 is 23.2 Å². The number of H-pyrrole nitrogens is 1. The molecule has 1 aliphatic rings. The second-order valence-electron chi connectivity index (χ2n) is 9.79. The third kappa shape index (κ3) is 4.66. The largest absolute Gasteiger partial charge is 0.486 e. The highest BCUT2D eigenvalue weighted by Crippen LogP contribution is 2.37. The number of ether oxygens (including phenoxy) is 1. The molecule has 1 saturated heterocycles. The summed E-state index contributed by atoms with van der Waals surface area (Å²) >= 11 is 12.6. The van der Waals surface area contributed by atoms with E-state index in [0.29, 0.717) is 38.4 Å². The summed E-state index contributed by atoms with van der Waals surface area (Å²) in [5.74, 6) is 1.35. The van der Waals surface area contributed by atoms with Gasteiger partial charge in [-0.15, -0.1) is 0 Å². The van der Waals surface area contributed by atoms with Gasteiger partial charge in [0.25, 0.3) is 0 Å². The minimum absolute atomic E-state index is 0.0905. The lowest BCUT2D eigenvalue weighted by Crippen LogP contribution is -2.69. The van der Waals surface area contributed by atoms with E-state index in [1.165, 1.54) is 0 Å². The van der Waals surface area contributed by atoms with Crippen molar-refractivity contribution in [3.8, 4) is 23.1 Å². The highest BCUT2D eigenvalue weighted by molar-refractivity contribution is 6.35. The van der Waals surface area contributed by atoms with Gasteiger partial charge in [0.2, 0.25) is 0 Å². The van der Waals surface area contributed by atoms with E-state index in [0.717, 1.165) is 42.6 Å². The van der Waals surface area contributed by atoms with E-state index in [1.54, 1.807) is 18.6 Å². The molecular formula is C28H29Cl2N7O. The first kappa shape index (κ1) is 26.2. The Hall–Kier alpha value is -3.38. The van der Waals surface area contributed by atoms with Gasteiger partial charge in [0.1, 0.15) is 29.4 Å². The molecule has 0 spiro atoms. The maximum absolute atomic E-state index is 9.95. The van der Waals surface area contributed by atoms with Gasteiger partial charge in [-0.1, -0.05) is 37.0 Å². The Kier molecular flexibility index (Phi) is 7.19. The smallest absolute Gasteiger partial charge is 0.146 e. The fourth-order valence-corrected chi connectivity index (χ4v) is 6.07. The molecule has 0 saturated carbocycles. The number of nitriles is 1. The van der Waals surface area contributed by atoms with Gasteiger partial charge < -0.3 is 9.64 Å². The average Bonchev–Trinajstić information content (AvgIpc) is 3.30. The van der Waals surface area contributed by atoms with Crippen LogP contribution in [0.3, 0.4) is 0 Å². The number of hydrogen-bond donors (Lipinski definition) is 1. The van der Waals surface area contributed by atoms with Crippen molar-refractivity contribution in [2.24, 2.45) is 0 Å². The molecule has 0 radical (unpaired) electrons. The van der Waals surface area contributed by atoms with E-state index in [1.807, 2.05) is 31.2 Å². The SMILES string of the molecule is CCN(CC)C1(C)CN(c2ncc(-c3n[nH]c4ccc(O[C@H](C)c5c(Cl)cncc5Cl)cc34)cc2C#N)C1. The van der Waals surface area contributed by atoms with Crippen molar-refractivity contribution < 1.29 is 4.74 Å². The minimum Gasteiger partial charge on any atom is -0.486 e. The van der Waals surface area contributed by atoms with E-state index in [4.69, 9.17) is 32.9 Å². The number of nitrogens with zero attached hydrogens (tertiary/aromatic N) is 6. The first-order valence-corrected chi connectivity index (χ1v) is 13.4. The first-order valence-electron chi connectivity index (χ1n) is 12.6. The molecule has 8 nitrogen and oxygen atoms in total. The molecule has 4 heterocycles. The molecule has 1 aliphatic heterocycles. The molecule has 38 heavy (non-hydrogen) atoms. The zero-order valence-electron chi connectivity index (χ0n) is 21.8. The number of pyridine rings is 2. The lowest BCUT2D eigenvalue weighted by molar-refractivity contribution is 0.0856. The van der Waals surface area contributed by atoms with E-state index in [-0.39, 0.29) is 5.54 Å². The van der Waals surface area contributed by atoms with Crippen LogP contribution in [0, 0.1) is 11.3 Å². The summed E-state index contributed by atoms with van der Waals surface area (Å²) in [4.78, 5) is 13.3. The van der Waals surface area contributed by atoms with Crippen molar-refractivity contribution in [3.63, 3.8) is 0 Å². The van der Waals surface area contributed by atoms with Gasteiger partial charge in [-0.2, -0.15) is 10.4 Å². The summed E-state index contributed by atoms with van der Waals surface area (Å²) in [6.07, 6.45) is 4.49. The number of anilines is 1. The van der Waals surface area contributed by atoms with Gasteiger partial charge in [0.05, 0.1) is 26.7 Å². The van der Waals surface area contributed by atoms with Crippen LogP contribution < -0.4 is 9.64 Å². The Balaban J connectivity index is 1.41. The predicted octanol–water partition coefficient (Wildman–Crippen LogP) is 6.26. The number of nitrogens with one attached hydrogen (secondary N) is 1. The number of rotatable bonds is 8. The van der Waals surface area contributed by atoms with Crippen LogP contribution in [0.4, 0.5) is 5.82 Å². The van der Waals surface area contributed by atoms with Crippen LogP contribution in [0.1, 0.15) is 44.9 Å². The van der Waals surface area contributed by atoms with Gasteiger partial charge in [-0.05, 0) is 51.2 Å². The monoisotopic (exact) mass is 549 g/mol. The normalized spacial score (nSPS) is 15.4. The summed E-state index contributed by atoms with van der Waals surface area (Å²) in [6, 6.07) is 9.88. The van der Waals surface area contributed by atoms with Crippen LogP contribution in [0.2, 0.25) is 10.0 Å². The minimum atomic E-state index is -0.393. The van der Waals surface area contributed by atoms with Gasteiger partial charge >= 0.3 is 0 Å². The fourth-order valence-electron chi connectivity index (χ4n) is 5.39. The van der Waals surface area contributed by atoms with E-state index in [9.17, 15) is 5.26 Å². The van der Waals surface area contributed by atoms with Crippen LogP contribution in [0.15, 0.2) is 42.9 Å². The van der Waals surface area contributed by atoms with E-state index < -0.39 is 6.10 Å². The second kappa shape index (κ2) is 10.4. The van der Waals surface area contributed by atoms with E-state index >= 15 is 0 Å². The molecule has 10 heteroatoms. The Labute approximate surface area is 232 Å². The molecular weight excluding hydrogens is 521 g/mol. The molecule has 0 bridgehead atoms. The van der Waals surface area contributed by atoms with Gasteiger partial charge in [-0.3, -0.25) is 15.0 Å². The Morgan fingerprint density at radius 3 is 2.53 bits per heavy atom. The average molecular weight is 550 g/mol. The fraction of sp³-hybridized carbons (Fsp3) is 0.357. The van der Waals surface area contributed by atoms with Gasteiger partial charge in [0.15, 0.2) is 0 Å². The van der Waals surface area contributed by atoms with Crippen LogP contribution in [0.5, 0.6) is 5.75 Å². The standard InChI is InChI=1S/C28H29Cl2N7O/c1-5-37(6-2)28(4)15-36(16-28)27-18(11-31)9-19(12-33-27)26-21-10-20(7-8-24(21)34-35-26)38-17(3)25-22(29)13-32-14-23(25)30/h7-10,12-14,17H,5-6,15-16H2,1-4H3,(H,34,35)/t17-/m1/s1. The number of likely N-dealkylation sites (N-methyl/N-ethyl adjacent to an activating group) is 1. The Morgan fingerprint density at radius 1 is 1.16 bits per heavy atom. The van der Waals surface area contributed by atoms with Crippen LogP contribution in [-0.4, -0.2) is 56.8 Å². The van der Waals surface area contributed by atoms with Crippen LogP contribution in [-0.2, 0) is 0 Å². The lowest BCUT2D eigenvalue weighted by Gasteiger charge is -2.54. The van der Waals surface area contributed by atoms with E-state index in [2.05, 4.69) is 51.8 Å². The third-order valence-electron chi connectivity index (χ3n) is 7.29. The Bertz CT molecular complexity index is 1500. The zero-order chi connectivity index (χ0) is 27.0. The Morgan fingerprint density at radius 2 is 1.87 bits per heavy atom. The molecule has 1 atom stereocenters. The summed E-state index contributed by atoms with van der Waals surface area (Å²) in [6.45, 7) is 12.2. The van der Waals surface area contributed by atoms with Crippen molar-refractivity contribution in [1.82, 2.24) is 25.1 Å². The number of fused-ring (bicyclic) bond motifs is 1. The topological polar surface area (TPSA) is 94.0 Å². The van der Waals surface area contributed by atoms with Crippen molar-refractivity contribution in [3.05, 3.63) is 64.0 Å². The highest BCUT2D eigenvalue weighted by atomic mass is 35.5.